The van der Waals surface area contributed by atoms with Gasteiger partial charge in [0.1, 0.15) is 5.01 Å². The van der Waals surface area contributed by atoms with Crippen molar-refractivity contribution in [3.63, 3.8) is 0 Å². The van der Waals surface area contributed by atoms with E-state index in [0.717, 1.165) is 32.9 Å². The number of aromatic amines is 1. The molecule has 2 N–H and O–H groups in total. The summed E-state index contributed by atoms with van der Waals surface area (Å²) in [5.41, 5.74) is 4.82. The van der Waals surface area contributed by atoms with Gasteiger partial charge < -0.3 is 10.3 Å². The van der Waals surface area contributed by atoms with E-state index in [2.05, 4.69) is 44.5 Å². The maximum atomic E-state index is 12.5. The number of hydrogen-bond acceptors (Lipinski definition) is 4. The minimum Gasteiger partial charge on any atom is -0.345 e. The van der Waals surface area contributed by atoms with E-state index < -0.39 is 0 Å². The first kappa shape index (κ1) is 15.1. The van der Waals surface area contributed by atoms with Crippen molar-refractivity contribution in [3.8, 4) is 10.6 Å². The van der Waals surface area contributed by atoms with E-state index in [1.165, 1.54) is 0 Å². The van der Waals surface area contributed by atoms with Gasteiger partial charge in [0.15, 0.2) is 0 Å². The Morgan fingerprint density at radius 1 is 1.12 bits per heavy atom. The van der Waals surface area contributed by atoms with Gasteiger partial charge in [0.25, 0.3) is 0 Å². The van der Waals surface area contributed by atoms with Crippen LogP contribution in [0.2, 0.25) is 0 Å². The SMILES string of the molecule is O=C1NCC(c2ccc(-c3nccs3)cc2)N1c1ccc2[nH]cnc2c1. The van der Waals surface area contributed by atoms with Crippen LogP contribution in [-0.4, -0.2) is 27.5 Å². The van der Waals surface area contributed by atoms with Crippen molar-refractivity contribution in [1.82, 2.24) is 20.3 Å². The standard InChI is InChI=1S/C19H15N5OS/c25-19-21-10-17(12-1-3-13(4-2-12)18-20-7-8-26-18)24(19)14-5-6-15-16(9-14)23-11-22-15/h1-9,11,17H,10H2,(H,21,25)(H,22,23). The van der Waals surface area contributed by atoms with E-state index in [1.54, 1.807) is 28.8 Å². The lowest BCUT2D eigenvalue weighted by molar-refractivity contribution is 0.251. The maximum absolute atomic E-state index is 12.5. The number of benzene rings is 2. The molecule has 1 fully saturated rings. The molecule has 0 saturated carbocycles. The second kappa shape index (κ2) is 5.96. The molecule has 1 unspecified atom stereocenters. The zero-order valence-corrected chi connectivity index (χ0v) is 14.5. The quantitative estimate of drug-likeness (QED) is 0.580. The highest BCUT2D eigenvalue weighted by molar-refractivity contribution is 7.13. The Hall–Kier alpha value is -3.19. The molecule has 3 heterocycles. The second-order valence-corrected chi connectivity index (χ2v) is 7.03. The van der Waals surface area contributed by atoms with E-state index in [1.807, 2.05) is 23.6 Å². The lowest BCUT2D eigenvalue weighted by Gasteiger charge is -2.23. The van der Waals surface area contributed by atoms with Gasteiger partial charge in [0.2, 0.25) is 0 Å². The number of aromatic nitrogens is 3. The van der Waals surface area contributed by atoms with Crippen LogP contribution in [0.4, 0.5) is 10.5 Å². The molecule has 4 aromatic rings. The zero-order valence-electron chi connectivity index (χ0n) is 13.7. The number of H-pyrrole nitrogens is 1. The summed E-state index contributed by atoms with van der Waals surface area (Å²) in [6, 6.07) is 14.0. The molecule has 0 aliphatic carbocycles. The summed E-state index contributed by atoms with van der Waals surface area (Å²) < 4.78 is 0. The molecule has 2 aromatic carbocycles. The molecule has 1 aliphatic heterocycles. The molecule has 6 nitrogen and oxygen atoms in total. The minimum absolute atomic E-state index is 0.0516. The molecule has 2 aromatic heterocycles. The molecule has 0 spiro atoms. The van der Waals surface area contributed by atoms with Crippen LogP contribution in [0, 0.1) is 0 Å². The molecule has 2 amide bonds. The first-order valence-corrected chi connectivity index (χ1v) is 9.17. The van der Waals surface area contributed by atoms with Crippen LogP contribution in [-0.2, 0) is 0 Å². The molecule has 128 valence electrons. The maximum Gasteiger partial charge on any atom is 0.322 e. The first-order valence-electron chi connectivity index (χ1n) is 8.29. The number of thiazole rings is 1. The van der Waals surface area contributed by atoms with E-state index in [0.29, 0.717) is 6.54 Å². The average molecular weight is 361 g/mol. The third-order valence-corrected chi connectivity index (χ3v) is 5.46. The summed E-state index contributed by atoms with van der Waals surface area (Å²) in [6.07, 6.45) is 3.47. The third kappa shape index (κ3) is 2.44. The Kier molecular flexibility index (Phi) is 3.46. The number of fused-ring (bicyclic) bond motifs is 1. The van der Waals surface area contributed by atoms with Crippen molar-refractivity contribution < 1.29 is 4.79 Å². The summed E-state index contributed by atoms with van der Waals surface area (Å²) in [5.74, 6) is 0. The predicted octanol–water partition coefficient (Wildman–Crippen LogP) is 3.96. The summed E-state index contributed by atoms with van der Waals surface area (Å²) in [6.45, 7) is 0.577. The number of urea groups is 1. The topological polar surface area (TPSA) is 73.9 Å². The van der Waals surface area contributed by atoms with Gasteiger partial charge in [-0.1, -0.05) is 24.3 Å². The smallest absolute Gasteiger partial charge is 0.322 e. The van der Waals surface area contributed by atoms with Crippen molar-refractivity contribution >= 4 is 34.1 Å². The largest absolute Gasteiger partial charge is 0.345 e. The Morgan fingerprint density at radius 2 is 2.00 bits per heavy atom. The Balaban J connectivity index is 1.50. The zero-order chi connectivity index (χ0) is 17.5. The highest BCUT2D eigenvalue weighted by atomic mass is 32.1. The number of hydrogen-bond donors (Lipinski definition) is 2. The number of imidazole rings is 1. The van der Waals surface area contributed by atoms with E-state index >= 15 is 0 Å². The van der Waals surface area contributed by atoms with Crippen molar-refractivity contribution in [3.05, 3.63) is 65.9 Å². The fraction of sp³-hybridized carbons (Fsp3) is 0.105. The fourth-order valence-corrected chi connectivity index (χ4v) is 3.99. The Labute approximate surface area is 153 Å². The lowest BCUT2D eigenvalue weighted by atomic mass is 10.0. The lowest BCUT2D eigenvalue weighted by Crippen LogP contribution is -2.29. The number of anilines is 1. The summed E-state index contributed by atoms with van der Waals surface area (Å²) >= 11 is 1.62. The number of carbonyl (C=O) groups excluding carboxylic acids is 1. The average Bonchev–Trinajstić information content (AvgIpc) is 3.42. The van der Waals surface area contributed by atoms with Gasteiger partial charge in [0.05, 0.1) is 23.4 Å². The normalized spacial score (nSPS) is 17.0. The van der Waals surface area contributed by atoms with E-state index in [9.17, 15) is 4.79 Å². The van der Waals surface area contributed by atoms with Crippen LogP contribution < -0.4 is 10.2 Å². The first-order chi connectivity index (χ1) is 12.8. The van der Waals surface area contributed by atoms with Crippen molar-refractivity contribution in [2.24, 2.45) is 0 Å². The number of amides is 2. The predicted molar refractivity (Wildman–Crippen MR) is 102 cm³/mol. The van der Waals surface area contributed by atoms with Crippen LogP contribution in [0.5, 0.6) is 0 Å². The number of nitrogens with one attached hydrogen (secondary N) is 2. The molecular formula is C19H15N5OS. The van der Waals surface area contributed by atoms with Crippen molar-refractivity contribution in [2.75, 3.05) is 11.4 Å². The molecular weight excluding hydrogens is 346 g/mol. The molecule has 0 bridgehead atoms. The van der Waals surface area contributed by atoms with E-state index in [4.69, 9.17) is 0 Å². The molecule has 0 radical (unpaired) electrons. The van der Waals surface area contributed by atoms with Gasteiger partial charge in [-0.15, -0.1) is 11.3 Å². The van der Waals surface area contributed by atoms with Crippen LogP contribution >= 0.6 is 11.3 Å². The summed E-state index contributed by atoms with van der Waals surface area (Å²) in [7, 11) is 0. The second-order valence-electron chi connectivity index (χ2n) is 6.14. The van der Waals surface area contributed by atoms with E-state index in [-0.39, 0.29) is 12.1 Å². The van der Waals surface area contributed by atoms with Crippen LogP contribution in [0.25, 0.3) is 21.6 Å². The molecule has 5 rings (SSSR count). The van der Waals surface area contributed by atoms with Gasteiger partial charge in [-0.05, 0) is 23.8 Å². The van der Waals surface area contributed by atoms with Gasteiger partial charge in [-0.2, -0.15) is 0 Å². The van der Waals surface area contributed by atoms with Gasteiger partial charge in [-0.3, -0.25) is 4.90 Å². The highest BCUT2D eigenvalue weighted by Crippen LogP contribution is 2.33. The highest BCUT2D eigenvalue weighted by Gasteiger charge is 2.33. The number of nitrogens with zero attached hydrogens (tertiary/aromatic N) is 3. The van der Waals surface area contributed by atoms with Crippen LogP contribution in [0.15, 0.2) is 60.4 Å². The molecule has 7 heteroatoms. The summed E-state index contributed by atoms with van der Waals surface area (Å²) in [5, 5.41) is 5.92. The van der Waals surface area contributed by atoms with Crippen molar-refractivity contribution in [1.29, 1.82) is 0 Å². The molecule has 26 heavy (non-hydrogen) atoms. The van der Waals surface area contributed by atoms with Crippen molar-refractivity contribution in [2.45, 2.75) is 6.04 Å². The van der Waals surface area contributed by atoms with Gasteiger partial charge in [-0.25, -0.2) is 14.8 Å². The molecule has 1 aliphatic rings. The van der Waals surface area contributed by atoms with Gasteiger partial charge in [0, 0.05) is 29.4 Å². The third-order valence-electron chi connectivity index (χ3n) is 4.64. The van der Waals surface area contributed by atoms with Crippen LogP contribution in [0.3, 0.4) is 0 Å². The minimum atomic E-state index is -0.0890. The molecule has 1 saturated heterocycles. The molecule has 1 atom stereocenters. The monoisotopic (exact) mass is 361 g/mol. The number of carbonyl (C=O) groups is 1. The fourth-order valence-electron chi connectivity index (χ4n) is 3.35. The number of rotatable bonds is 3. The Bertz CT molecular complexity index is 1070. The Morgan fingerprint density at radius 3 is 2.81 bits per heavy atom. The summed E-state index contributed by atoms with van der Waals surface area (Å²) in [4.78, 5) is 26.0. The van der Waals surface area contributed by atoms with Gasteiger partial charge >= 0.3 is 6.03 Å². The van der Waals surface area contributed by atoms with Crippen LogP contribution in [0.1, 0.15) is 11.6 Å².